The molecule has 0 saturated carbocycles. The van der Waals surface area contributed by atoms with E-state index in [1.807, 2.05) is 6.92 Å². The van der Waals surface area contributed by atoms with Gasteiger partial charge in [0.25, 0.3) is 0 Å². The molecule has 0 aromatic heterocycles. The van der Waals surface area contributed by atoms with Gasteiger partial charge >= 0.3 is 0 Å². The fourth-order valence-corrected chi connectivity index (χ4v) is 2.09. The molecule has 1 heterocycles. The fourth-order valence-electron chi connectivity index (χ4n) is 2.09. The van der Waals surface area contributed by atoms with Crippen LogP contribution in [0.5, 0.6) is 0 Å². The molecule has 1 rings (SSSR count). The molecular formula is C15H22N2. The lowest BCUT2D eigenvalue weighted by atomic mass is 10.2. The van der Waals surface area contributed by atoms with Gasteiger partial charge in [0.2, 0.25) is 0 Å². The third-order valence-corrected chi connectivity index (χ3v) is 2.90. The van der Waals surface area contributed by atoms with Crippen molar-refractivity contribution in [1.29, 1.82) is 0 Å². The Labute approximate surface area is 105 Å². The lowest BCUT2D eigenvalue weighted by molar-refractivity contribution is 0.528. The van der Waals surface area contributed by atoms with Crippen molar-refractivity contribution in [2.24, 2.45) is 4.99 Å². The van der Waals surface area contributed by atoms with Crippen LogP contribution in [0.3, 0.4) is 0 Å². The molecule has 0 saturated heterocycles. The van der Waals surface area contributed by atoms with E-state index in [-0.39, 0.29) is 6.04 Å². The average molecular weight is 230 g/mol. The predicted molar refractivity (Wildman–Crippen MR) is 74.9 cm³/mol. The summed E-state index contributed by atoms with van der Waals surface area (Å²) in [6, 6.07) is 0.271. The quantitative estimate of drug-likeness (QED) is 0.522. The number of amidine groups is 1. The Hall–Kier alpha value is -1.49. The first-order chi connectivity index (χ1) is 8.24. The Morgan fingerprint density at radius 3 is 2.88 bits per heavy atom. The van der Waals surface area contributed by atoms with E-state index in [0.717, 1.165) is 31.6 Å². The van der Waals surface area contributed by atoms with Crippen molar-refractivity contribution in [1.82, 2.24) is 4.90 Å². The number of allylic oxidation sites excluding steroid dienone is 3. The van der Waals surface area contributed by atoms with E-state index in [9.17, 15) is 0 Å². The van der Waals surface area contributed by atoms with Gasteiger partial charge in [-0.1, -0.05) is 18.2 Å². The summed E-state index contributed by atoms with van der Waals surface area (Å²) in [7, 11) is 0. The van der Waals surface area contributed by atoms with Crippen LogP contribution in [0.1, 0.15) is 40.0 Å². The van der Waals surface area contributed by atoms with Crippen LogP contribution in [0.2, 0.25) is 0 Å². The second-order valence-electron chi connectivity index (χ2n) is 4.10. The maximum Gasteiger partial charge on any atom is 0.105 e. The fraction of sp³-hybridized carbons (Fsp3) is 0.533. The molecular weight excluding hydrogens is 208 g/mol. The monoisotopic (exact) mass is 230 g/mol. The Morgan fingerprint density at radius 2 is 2.29 bits per heavy atom. The summed E-state index contributed by atoms with van der Waals surface area (Å²) in [4.78, 5) is 6.99. The maximum absolute atomic E-state index is 5.31. The Kier molecular flexibility index (Phi) is 5.56. The van der Waals surface area contributed by atoms with E-state index in [1.165, 1.54) is 5.70 Å². The SMILES string of the molecule is C#CCCC1=NC(C)/C(=C\C/C=C\C)N1CC. The first-order valence-electron chi connectivity index (χ1n) is 6.33. The summed E-state index contributed by atoms with van der Waals surface area (Å²) in [6.07, 6.45) is 14.4. The largest absolute Gasteiger partial charge is 0.332 e. The molecule has 1 aliphatic heterocycles. The van der Waals surface area contributed by atoms with Crippen molar-refractivity contribution in [2.45, 2.75) is 46.1 Å². The molecule has 17 heavy (non-hydrogen) atoms. The Bertz CT molecular complexity index is 369. The highest BCUT2D eigenvalue weighted by Gasteiger charge is 2.25. The van der Waals surface area contributed by atoms with Gasteiger partial charge in [-0.25, -0.2) is 0 Å². The molecule has 1 unspecified atom stereocenters. The van der Waals surface area contributed by atoms with Crippen LogP contribution >= 0.6 is 0 Å². The van der Waals surface area contributed by atoms with Crippen LogP contribution in [-0.4, -0.2) is 23.3 Å². The first-order valence-corrected chi connectivity index (χ1v) is 6.33. The topological polar surface area (TPSA) is 15.6 Å². The van der Waals surface area contributed by atoms with Gasteiger partial charge in [0.05, 0.1) is 6.04 Å². The van der Waals surface area contributed by atoms with Crippen LogP contribution in [0.15, 0.2) is 28.9 Å². The summed E-state index contributed by atoms with van der Waals surface area (Å²) in [5.41, 5.74) is 1.32. The Balaban J connectivity index is 2.76. The zero-order chi connectivity index (χ0) is 12.7. The van der Waals surface area contributed by atoms with Crippen LogP contribution in [-0.2, 0) is 0 Å². The van der Waals surface area contributed by atoms with E-state index in [0.29, 0.717) is 0 Å². The van der Waals surface area contributed by atoms with Gasteiger partial charge < -0.3 is 4.90 Å². The average Bonchev–Trinajstić information content (AvgIpc) is 2.63. The number of hydrogen-bond donors (Lipinski definition) is 0. The molecule has 0 bridgehead atoms. The predicted octanol–water partition coefficient (Wildman–Crippen LogP) is 3.37. The van der Waals surface area contributed by atoms with Gasteiger partial charge in [0, 0.05) is 25.1 Å². The van der Waals surface area contributed by atoms with Crippen LogP contribution in [0, 0.1) is 12.3 Å². The molecule has 0 amide bonds. The van der Waals surface area contributed by atoms with Crippen molar-refractivity contribution in [3.63, 3.8) is 0 Å². The smallest absolute Gasteiger partial charge is 0.105 e. The number of terminal acetylenes is 1. The maximum atomic E-state index is 5.31. The minimum absolute atomic E-state index is 0.271. The van der Waals surface area contributed by atoms with Crippen molar-refractivity contribution < 1.29 is 0 Å². The standard InChI is InChI=1S/C15H22N2/c1-5-8-10-11-14-13(4)16-15(12-9-6-2)17(14)7-3/h2,5,8,11,13H,7,9-10,12H2,1,3-4H3/b8-5-,14-11+. The highest BCUT2D eigenvalue weighted by atomic mass is 15.3. The van der Waals surface area contributed by atoms with Crippen molar-refractivity contribution in [3.8, 4) is 12.3 Å². The lowest BCUT2D eigenvalue weighted by Crippen LogP contribution is -2.26. The molecule has 1 aliphatic rings. The molecule has 1 atom stereocenters. The van der Waals surface area contributed by atoms with E-state index in [2.05, 4.69) is 42.9 Å². The van der Waals surface area contributed by atoms with E-state index in [4.69, 9.17) is 11.4 Å². The summed E-state index contributed by atoms with van der Waals surface area (Å²) in [6.45, 7) is 7.32. The normalized spacial score (nSPS) is 22.2. The second-order valence-corrected chi connectivity index (χ2v) is 4.10. The second kappa shape index (κ2) is 6.96. The molecule has 0 N–H and O–H groups in total. The zero-order valence-corrected chi connectivity index (χ0v) is 11.1. The van der Waals surface area contributed by atoms with Crippen molar-refractivity contribution >= 4 is 5.84 Å². The summed E-state index contributed by atoms with van der Waals surface area (Å²) in [5, 5.41) is 0. The third kappa shape index (κ3) is 3.49. The molecule has 0 radical (unpaired) electrons. The number of likely N-dealkylation sites (N-methyl/N-ethyl adjacent to an activating group) is 1. The van der Waals surface area contributed by atoms with Crippen LogP contribution in [0.25, 0.3) is 0 Å². The number of rotatable bonds is 5. The summed E-state index contributed by atoms with van der Waals surface area (Å²) in [5.74, 6) is 3.83. The van der Waals surface area contributed by atoms with Crippen molar-refractivity contribution in [2.75, 3.05) is 6.54 Å². The molecule has 0 aliphatic carbocycles. The third-order valence-electron chi connectivity index (χ3n) is 2.90. The number of hydrogen-bond acceptors (Lipinski definition) is 2. The van der Waals surface area contributed by atoms with Gasteiger partial charge in [0.1, 0.15) is 5.84 Å². The highest BCUT2D eigenvalue weighted by Crippen LogP contribution is 2.23. The van der Waals surface area contributed by atoms with Gasteiger partial charge in [0.15, 0.2) is 0 Å². The number of nitrogens with zero attached hydrogens (tertiary/aromatic N) is 2. The lowest BCUT2D eigenvalue weighted by Gasteiger charge is -2.21. The molecule has 0 aromatic carbocycles. The number of aliphatic imine (C=N–C) groups is 1. The molecule has 0 aromatic rings. The highest BCUT2D eigenvalue weighted by molar-refractivity contribution is 5.87. The summed E-state index contributed by atoms with van der Waals surface area (Å²) >= 11 is 0. The molecule has 0 fully saturated rings. The Morgan fingerprint density at radius 1 is 1.53 bits per heavy atom. The molecule has 0 spiro atoms. The van der Waals surface area contributed by atoms with Crippen LogP contribution in [0.4, 0.5) is 0 Å². The van der Waals surface area contributed by atoms with Gasteiger partial charge in [-0.15, -0.1) is 12.3 Å². The van der Waals surface area contributed by atoms with Gasteiger partial charge in [-0.3, -0.25) is 4.99 Å². The summed E-state index contributed by atoms with van der Waals surface area (Å²) < 4.78 is 0. The first kappa shape index (κ1) is 13.6. The van der Waals surface area contributed by atoms with Gasteiger partial charge in [-0.05, 0) is 27.2 Å². The zero-order valence-electron chi connectivity index (χ0n) is 11.1. The van der Waals surface area contributed by atoms with E-state index >= 15 is 0 Å². The molecule has 2 heteroatoms. The van der Waals surface area contributed by atoms with Crippen LogP contribution < -0.4 is 0 Å². The molecule has 2 nitrogen and oxygen atoms in total. The van der Waals surface area contributed by atoms with Gasteiger partial charge in [-0.2, -0.15) is 0 Å². The van der Waals surface area contributed by atoms with Crippen molar-refractivity contribution in [3.05, 3.63) is 23.9 Å². The minimum atomic E-state index is 0.271. The van der Waals surface area contributed by atoms with E-state index in [1.54, 1.807) is 0 Å². The minimum Gasteiger partial charge on any atom is -0.332 e. The van der Waals surface area contributed by atoms with E-state index < -0.39 is 0 Å². The molecule has 92 valence electrons.